The van der Waals surface area contributed by atoms with Crippen molar-refractivity contribution in [3.05, 3.63) is 29.8 Å². The van der Waals surface area contributed by atoms with Gasteiger partial charge in [0, 0.05) is 13.1 Å². The highest BCUT2D eigenvalue weighted by Crippen LogP contribution is 2.16. The van der Waals surface area contributed by atoms with Crippen molar-refractivity contribution >= 4 is 15.9 Å². The van der Waals surface area contributed by atoms with Crippen molar-refractivity contribution in [1.29, 1.82) is 0 Å². The number of ether oxygens (including phenoxy) is 1. The molecule has 0 heterocycles. The Hall–Kier alpha value is -1.60. The summed E-state index contributed by atoms with van der Waals surface area (Å²) in [4.78, 5) is 11.6. The fraction of sp³-hybridized carbons (Fsp3) is 0.500. The second-order valence-electron chi connectivity index (χ2n) is 4.49. The fourth-order valence-electron chi connectivity index (χ4n) is 1.88. The Morgan fingerprint density at radius 1 is 1.33 bits per heavy atom. The molecule has 0 saturated carbocycles. The monoisotopic (exact) mass is 314 g/mol. The number of methoxy groups -OCH3 is 1. The van der Waals surface area contributed by atoms with Crippen LogP contribution in [0.5, 0.6) is 5.75 Å². The first-order valence-electron chi connectivity index (χ1n) is 6.80. The smallest absolute Gasteiger partial charge is 0.235 e. The van der Waals surface area contributed by atoms with Crippen LogP contribution in [-0.2, 0) is 20.6 Å². The summed E-state index contributed by atoms with van der Waals surface area (Å²) in [5.41, 5.74) is 0.628. The summed E-state index contributed by atoms with van der Waals surface area (Å²) in [5.74, 6) is 0.153. The summed E-state index contributed by atoms with van der Waals surface area (Å²) in [7, 11) is -2.02. The lowest BCUT2D eigenvalue weighted by Gasteiger charge is -2.20. The normalized spacial score (nSPS) is 11.4. The quantitative estimate of drug-likeness (QED) is 0.776. The van der Waals surface area contributed by atoms with Crippen molar-refractivity contribution in [2.24, 2.45) is 0 Å². The molecule has 0 radical (unpaired) electrons. The van der Waals surface area contributed by atoms with Gasteiger partial charge in [0.25, 0.3) is 0 Å². The zero-order valence-corrected chi connectivity index (χ0v) is 13.4. The Morgan fingerprint density at radius 3 is 2.62 bits per heavy atom. The van der Waals surface area contributed by atoms with E-state index in [1.807, 2.05) is 0 Å². The zero-order chi connectivity index (χ0) is 15.9. The molecule has 118 valence electrons. The van der Waals surface area contributed by atoms with E-state index in [0.29, 0.717) is 17.9 Å². The van der Waals surface area contributed by atoms with E-state index in [1.54, 1.807) is 38.1 Å². The summed E-state index contributed by atoms with van der Waals surface area (Å²) >= 11 is 0. The molecule has 1 rings (SSSR count). The molecule has 0 fully saturated rings. The number of hydrogen-bond donors (Lipinski definition) is 1. The molecule has 0 bridgehead atoms. The molecule has 1 N–H and O–H groups in total. The van der Waals surface area contributed by atoms with Gasteiger partial charge < -0.3 is 10.1 Å². The maximum atomic E-state index is 12.4. The molecule has 0 spiro atoms. The Bertz CT molecular complexity index is 572. The van der Waals surface area contributed by atoms with E-state index < -0.39 is 10.0 Å². The van der Waals surface area contributed by atoms with Gasteiger partial charge in [0.05, 0.1) is 19.4 Å². The third-order valence-electron chi connectivity index (χ3n) is 2.92. The number of sulfonamides is 1. The van der Waals surface area contributed by atoms with Crippen molar-refractivity contribution < 1.29 is 17.9 Å². The van der Waals surface area contributed by atoms with Gasteiger partial charge >= 0.3 is 0 Å². The number of amides is 1. The van der Waals surface area contributed by atoms with Crippen LogP contribution in [0.1, 0.15) is 19.4 Å². The first-order chi connectivity index (χ1) is 9.92. The number of hydrogen-bond acceptors (Lipinski definition) is 4. The Kier molecular flexibility index (Phi) is 6.64. The molecule has 0 atom stereocenters. The molecule has 0 aliphatic carbocycles. The van der Waals surface area contributed by atoms with Gasteiger partial charge in [-0.15, -0.1) is 0 Å². The zero-order valence-electron chi connectivity index (χ0n) is 12.6. The number of carbonyl (C=O) groups excluding carboxylic acids is 1. The summed E-state index contributed by atoms with van der Waals surface area (Å²) in [6.07, 6.45) is 0. The van der Waals surface area contributed by atoms with Crippen molar-refractivity contribution in [2.75, 3.05) is 26.7 Å². The van der Waals surface area contributed by atoms with Crippen LogP contribution in [0.2, 0.25) is 0 Å². The van der Waals surface area contributed by atoms with Gasteiger partial charge in [-0.25, -0.2) is 8.42 Å². The average molecular weight is 314 g/mol. The van der Waals surface area contributed by atoms with Gasteiger partial charge in [0.1, 0.15) is 5.75 Å². The van der Waals surface area contributed by atoms with E-state index >= 15 is 0 Å². The predicted molar refractivity (Wildman–Crippen MR) is 81.5 cm³/mol. The van der Waals surface area contributed by atoms with Gasteiger partial charge in [0.15, 0.2) is 0 Å². The van der Waals surface area contributed by atoms with Gasteiger partial charge in [-0.1, -0.05) is 19.1 Å². The lowest BCUT2D eigenvalue weighted by molar-refractivity contribution is -0.121. The van der Waals surface area contributed by atoms with Crippen molar-refractivity contribution in [2.45, 2.75) is 19.6 Å². The molecule has 21 heavy (non-hydrogen) atoms. The minimum absolute atomic E-state index is 0.155. The first-order valence-corrected chi connectivity index (χ1v) is 8.41. The number of rotatable bonds is 8. The Labute approximate surface area is 126 Å². The second kappa shape index (κ2) is 7.99. The standard InChI is InChI=1S/C14H22N2O4S/c1-4-15-14(17)10-16(5-2)21(18,19)11-12-7-6-8-13(9-12)20-3/h6-9H,4-5,10-11H2,1-3H3,(H,15,17). The van der Waals surface area contributed by atoms with Gasteiger partial charge in [-0.2, -0.15) is 4.31 Å². The fourth-order valence-corrected chi connectivity index (χ4v) is 3.37. The summed E-state index contributed by atoms with van der Waals surface area (Å²) in [6.45, 7) is 4.08. The number of benzene rings is 1. The van der Waals surface area contributed by atoms with Gasteiger partial charge in [-0.05, 0) is 24.6 Å². The van der Waals surface area contributed by atoms with Crippen LogP contribution < -0.4 is 10.1 Å². The van der Waals surface area contributed by atoms with E-state index in [-0.39, 0.29) is 24.7 Å². The van der Waals surface area contributed by atoms with Crippen molar-refractivity contribution in [1.82, 2.24) is 9.62 Å². The molecule has 7 heteroatoms. The van der Waals surface area contributed by atoms with E-state index in [2.05, 4.69) is 5.32 Å². The topological polar surface area (TPSA) is 75.7 Å². The molecule has 0 saturated heterocycles. The molecule has 1 aromatic carbocycles. The van der Waals surface area contributed by atoms with E-state index in [4.69, 9.17) is 4.74 Å². The van der Waals surface area contributed by atoms with Crippen LogP contribution in [0.4, 0.5) is 0 Å². The van der Waals surface area contributed by atoms with Crippen LogP contribution in [0.25, 0.3) is 0 Å². The molecular formula is C14H22N2O4S. The number of carbonyl (C=O) groups is 1. The van der Waals surface area contributed by atoms with Crippen molar-refractivity contribution in [3.8, 4) is 5.75 Å². The highest BCUT2D eigenvalue weighted by molar-refractivity contribution is 7.88. The van der Waals surface area contributed by atoms with Crippen LogP contribution in [0.15, 0.2) is 24.3 Å². The molecule has 0 aliphatic rings. The molecule has 1 amide bonds. The Balaban J connectivity index is 2.84. The molecule has 1 aromatic rings. The van der Waals surface area contributed by atoms with E-state index in [1.165, 1.54) is 11.4 Å². The summed E-state index contributed by atoms with van der Waals surface area (Å²) in [6, 6.07) is 6.89. The highest BCUT2D eigenvalue weighted by atomic mass is 32.2. The van der Waals surface area contributed by atoms with Crippen LogP contribution >= 0.6 is 0 Å². The lowest BCUT2D eigenvalue weighted by Crippen LogP contribution is -2.41. The SMILES string of the molecule is CCNC(=O)CN(CC)S(=O)(=O)Cc1cccc(OC)c1. The van der Waals surface area contributed by atoms with Crippen LogP contribution in [-0.4, -0.2) is 45.4 Å². The third-order valence-corrected chi connectivity index (χ3v) is 4.80. The van der Waals surface area contributed by atoms with E-state index in [0.717, 1.165) is 0 Å². The molecule has 6 nitrogen and oxygen atoms in total. The largest absolute Gasteiger partial charge is 0.497 e. The Morgan fingerprint density at radius 2 is 2.05 bits per heavy atom. The highest BCUT2D eigenvalue weighted by Gasteiger charge is 2.23. The third kappa shape index (κ3) is 5.35. The number of nitrogens with zero attached hydrogens (tertiary/aromatic N) is 1. The minimum atomic E-state index is -3.55. The predicted octanol–water partition coefficient (Wildman–Crippen LogP) is 0.983. The summed E-state index contributed by atoms with van der Waals surface area (Å²) < 4.78 is 31.0. The van der Waals surface area contributed by atoms with Gasteiger partial charge in [0.2, 0.25) is 15.9 Å². The minimum Gasteiger partial charge on any atom is -0.497 e. The summed E-state index contributed by atoms with van der Waals surface area (Å²) in [5, 5.41) is 2.60. The van der Waals surface area contributed by atoms with Crippen LogP contribution in [0, 0.1) is 0 Å². The van der Waals surface area contributed by atoms with Gasteiger partial charge in [-0.3, -0.25) is 4.79 Å². The number of nitrogens with one attached hydrogen (secondary N) is 1. The number of likely N-dealkylation sites (N-methyl/N-ethyl adjacent to an activating group) is 2. The molecule has 0 aromatic heterocycles. The average Bonchev–Trinajstić information content (AvgIpc) is 2.44. The second-order valence-corrected chi connectivity index (χ2v) is 6.46. The van der Waals surface area contributed by atoms with Crippen molar-refractivity contribution in [3.63, 3.8) is 0 Å². The maximum Gasteiger partial charge on any atom is 0.235 e. The van der Waals surface area contributed by atoms with Crippen LogP contribution in [0.3, 0.4) is 0 Å². The molecular weight excluding hydrogens is 292 g/mol. The first kappa shape index (κ1) is 17.5. The molecule has 0 unspecified atom stereocenters. The maximum absolute atomic E-state index is 12.4. The van der Waals surface area contributed by atoms with E-state index in [9.17, 15) is 13.2 Å². The lowest BCUT2D eigenvalue weighted by atomic mass is 10.2. The molecule has 0 aliphatic heterocycles.